The molecule has 0 bridgehead atoms. The van der Waals surface area contributed by atoms with Crippen LogP contribution in [-0.4, -0.2) is 28.7 Å². The number of hydrazone groups is 1. The molecule has 5 rings (SSSR count). The fraction of sp³-hybridized carbons (Fsp3) is 0.0952. The van der Waals surface area contributed by atoms with E-state index in [1.165, 1.54) is 11.3 Å². The van der Waals surface area contributed by atoms with Crippen molar-refractivity contribution in [1.29, 1.82) is 0 Å². The van der Waals surface area contributed by atoms with E-state index in [1.54, 1.807) is 12.3 Å². The molecule has 0 aliphatic carbocycles. The SMILES string of the molecule is Cc1nn(-c2ccccc2)c2sc(C(=O)N/N=C\c3cc4c(cc3Br)OCO4)cc12. The molecule has 2 aromatic heterocycles. The molecule has 150 valence electrons. The molecule has 7 nitrogen and oxygen atoms in total. The number of hydrogen-bond donors (Lipinski definition) is 1. The summed E-state index contributed by atoms with van der Waals surface area (Å²) in [6.07, 6.45) is 1.56. The molecule has 1 N–H and O–H groups in total. The average molecular weight is 483 g/mol. The number of hydrogen-bond acceptors (Lipinski definition) is 6. The third-order valence-electron chi connectivity index (χ3n) is 4.63. The van der Waals surface area contributed by atoms with Gasteiger partial charge in [0.25, 0.3) is 5.91 Å². The van der Waals surface area contributed by atoms with Gasteiger partial charge in [0.15, 0.2) is 11.5 Å². The summed E-state index contributed by atoms with van der Waals surface area (Å²) >= 11 is 4.85. The second-order valence-electron chi connectivity index (χ2n) is 6.59. The number of aryl methyl sites for hydroxylation is 1. The fourth-order valence-electron chi connectivity index (χ4n) is 3.15. The Kier molecular flexibility index (Phi) is 4.76. The van der Waals surface area contributed by atoms with Crippen LogP contribution in [0, 0.1) is 6.92 Å². The van der Waals surface area contributed by atoms with Crippen molar-refractivity contribution < 1.29 is 14.3 Å². The van der Waals surface area contributed by atoms with Crippen LogP contribution in [0.5, 0.6) is 11.5 Å². The third kappa shape index (κ3) is 3.35. The lowest BCUT2D eigenvalue weighted by molar-refractivity contribution is 0.0959. The molecular weight excluding hydrogens is 468 g/mol. The van der Waals surface area contributed by atoms with Crippen LogP contribution in [-0.2, 0) is 0 Å². The van der Waals surface area contributed by atoms with E-state index < -0.39 is 0 Å². The van der Waals surface area contributed by atoms with Crippen LogP contribution >= 0.6 is 27.3 Å². The number of benzene rings is 2. The largest absolute Gasteiger partial charge is 0.454 e. The van der Waals surface area contributed by atoms with Crippen LogP contribution in [0.15, 0.2) is 58.1 Å². The monoisotopic (exact) mass is 482 g/mol. The minimum atomic E-state index is -0.275. The maximum atomic E-state index is 12.6. The van der Waals surface area contributed by atoms with Crippen molar-refractivity contribution >= 4 is 49.6 Å². The predicted octanol–water partition coefficient (Wildman–Crippen LogP) is 4.65. The lowest BCUT2D eigenvalue weighted by Crippen LogP contribution is -2.16. The Morgan fingerprint density at radius 3 is 2.80 bits per heavy atom. The number of nitrogens with zero attached hydrogens (tertiary/aromatic N) is 3. The molecule has 0 saturated carbocycles. The molecule has 30 heavy (non-hydrogen) atoms. The van der Waals surface area contributed by atoms with Gasteiger partial charge < -0.3 is 9.47 Å². The summed E-state index contributed by atoms with van der Waals surface area (Å²) in [5, 5.41) is 9.65. The number of rotatable bonds is 4. The number of carbonyl (C=O) groups is 1. The van der Waals surface area contributed by atoms with Crippen molar-refractivity contribution in [2.75, 3.05) is 6.79 Å². The van der Waals surface area contributed by atoms with Gasteiger partial charge in [0.05, 0.1) is 22.5 Å². The molecule has 0 radical (unpaired) electrons. The minimum Gasteiger partial charge on any atom is -0.454 e. The van der Waals surface area contributed by atoms with Crippen molar-refractivity contribution in [3.63, 3.8) is 0 Å². The summed E-state index contributed by atoms with van der Waals surface area (Å²) in [4.78, 5) is 14.1. The summed E-state index contributed by atoms with van der Waals surface area (Å²) in [5.74, 6) is 1.05. The fourth-order valence-corrected chi connectivity index (χ4v) is 4.65. The van der Waals surface area contributed by atoms with Gasteiger partial charge in [-0.2, -0.15) is 10.2 Å². The zero-order valence-electron chi connectivity index (χ0n) is 15.8. The van der Waals surface area contributed by atoms with E-state index in [2.05, 4.69) is 31.6 Å². The van der Waals surface area contributed by atoms with Gasteiger partial charge in [0.1, 0.15) is 4.83 Å². The molecule has 1 aliphatic rings. The quantitative estimate of drug-likeness (QED) is 0.339. The smallest absolute Gasteiger partial charge is 0.281 e. The molecule has 1 aliphatic heterocycles. The van der Waals surface area contributed by atoms with Crippen LogP contribution < -0.4 is 14.9 Å². The van der Waals surface area contributed by atoms with Crippen LogP contribution in [0.25, 0.3) is 15.9 Å². The highest BCUT2D eigenvalue weighted by atomic mass is 79.9. The normalized spacial score (nSPS) is 12.7. The van der Waals surface area contributed by atoms with E-state index in [1.807, 2.05) is 54.1 Å². The van der Waals surface area contributed by atoms with Crippen LogP contribution in [0.1, 0.15) is 20.9 Å². The van der Waals surface area contributed by atoms with E-state index in [0.717, 1.165) is 31.6 Å². The van der Waals surface area contributed by atoms with Gasteiger partial charge in [-0.15, -0.1) is 11.3 Å². The molecule has 0 unspecified atom stereocenters. The van der Waals surface area contributed by atoms with E-state index in [4.69, 9.17) is 9.47 Å². The molecule has 4 aromatic rings. The van der Waals surface area contributed by atoms with Crippen LogP contribution in [0.3, 0.4) is 0 Å². The molecule has 1 amide bonds. The third-order valence-corrected chi connectivity index (χ3v) is 6.43. The number of para-hydroxylation sites is 1. The zero-order chi connectivity index (χ0) is 20.7. The first-order chi connectivity index (χ1) is 14.6. The lowest BCUT2D eigenvalue weighted by Gasteiger charge is -2.02. The van der Waals surface area contributed by atoms with Crippen LogP contribution in [0.2, 0.25) is 0 Å². The molecule has 0 fully saturated rings. The van der Waals surface area contributed by atoms with Gasteiger partial charge in [-0.25, -0.2) is 10.1 Å². The topological polar surface area (TPSA) is 77.7 Å². The van der Waals surface area contributed by atoms with Gasteiger partial charge in [0, 0.05) is 15.4 Å². The Labute approximate surface area is 184 Å². The molecule has 9 heteroatoms. The predicted molar refractivity (Wildman–Crippen MR) is 119 cm³/mol. The molecular formula is C21H15BrN4O3S. The zero-order valence-corrected chi connectivity index (χ0v) is 18.2. The summed E-state index contributed by atoms with van der Waals surface area (Å²) in [5.41, 5.74) is 5.19. The molecule has 0 atom stereocenters. The maximum Gasteiger partial charge on any atom is 0.281 e. The Morgan fingerprint density at radius 1 is 1.23 bits per heavy atom. The number of halogens is 1. The highest BCUT2D eigenvalue weighted by molar-refractivity contribution is 9.10. The van der Waals surface area contributed by atoms with E-state index >= 15 is 0 Å². The first kappa shape index (κ1) is 18.8. The lowest BCUT2D eigenvalue weighted by atomic mass is 10.2. The average Bonchev–Trinajstić information content (AvgIpc) is 3.45. The first-order valence-electron chi connectivity index (χ1n) is 9.07. The number of ether oxygens (including phenoxy) is 2. The Balaban J connectivity index is 1.37. The molecule has 0 spiro atoms. The number of amides is 1. The van der Waals surface area contributed by atoms with E-state index in [0.29, 0.717) is 16.4 Å². The maximum absolute atomic E-state index is 12.6. The van der Waals surface area contributed by atoms with E-state index in [-0.39, 0.29) is 12.7 Å². The summed E-state index contributed by atoms with van der Waals surface area (Å²) in [7, 11) is 0. The second kappa shape index (κ2) is 7.58. The van der Waals surface area contributed by atoms with Gasteiger partial charge in [-0.05, 0) is 53.2 Å². The minimum absolute atomic E-state index is 0.199. The van der Waals surface area contributed by atoms with Crippen LogP contribution in [0.4, 0.5) is 0 Å². The number of thiophene rings is 1. The summed E-state index contributed by atoms with van der Waals surface area (Å²) < 4.78 is 13.4. The summed E-state index contributed by atoms with van der Waals surface area (Å²) in [6.45, 7) is 2.14. The number of aromatic nitrogens is 2. The Hall–Kier alpha value is -3.17. The van der Waals surface area contributed by atoms with Gasteiger partial charge in [0.2, 0.25) is 6.79 Å². The van der Waals surface area contributed by atoms with E-state index in [9.17, 15) is 4.79 Å². The van der Waals surface area contributed by atoms with Crippen molar-refractivity contribution in [1.82, 2.24) is 15.2 Å². The highest BCUT2D eigenvalue weighted by Crippen LogP contribution is 2.36. The first-order valence-corrected chi connectivity index (χ1v) is 10.7. The van der Waals surface area contributed by atoms with Gasteiger partial charge in [-0.1, -0.05) is 18.2 Å². The van der Waals surface area contributed by atoms with Crippen molar-refractivity contribution in [3.05, 3.63) is 69.1 Å². The number of carbonyl (C=O) groups excluding carboxylic acids is 1. The molecule has 2 aromatic carbocycles. The molecule has 0 saturated heterocycles. The standard InChI is InChI=1S/C21H15BrN4O3S/c1-12-15-8-19(30-21(15)26(25-12)14-5-3-2-4-6-14)20(27)24-23-10-13-7-17-18(9-16(13)22)29-11-28-17/h2-10H,11H2,1H3,(H,24,27)/b23-10-. The molecule has 3 heterocycles. The van der Waals surface area contributed by atoms with Crippen molar-refractivity contribution in [2.24, 2.45) is 5.10 Å². The van der Waals surface area contributed by atoms with Gasteiger partial charge in [-0.3, -0.25) is 4.79 Å². The van der Waals surface area contributed by atoms with Gasteiger partial charge >= 0.3 is 0 Å². The second-order valence-corrected chi connectivity index (χ2v) is 8.47. The Bertz CT molecular complexity index is 1300. The van der Waals surface area contributed by atoms with Crippen molar-refractivity contribution in [3.8, 4) is 17.2 Å². The van der Waals surface area contributed by atoms with Crippen molar-refractivity contribution in [2.45, 2.75) is 6.92 Å². The summed E-state index contributed by atoms with van der Waals surface area (Å²) in [6, 6.07) is 15.3. The number of fused-ring (bicyclic) bond motifs is 2. The highest BCUT2D eigenvalue weighted by Gasteiger charge is 2.18. The number of nitrogens with one attached hydrogen (secondary N) is 1. The Morgan fingerprint density at radius 2 is 2.00 bits per heavy atom.